The van der Waals surface area contributed by atoms with Crippen LogP contribution in [-0.4, -0.2) is 25.2 Å². The van der Waals surface area contributed by atoms with Gasteiger partial charge in [0.25, 0.3) is 6.01 Å². The zero-order valence-electron chi connectivity index (χ0n) is 18.9. The Morgan fingerprint density at radius 3 is 2.46 bits per heavy atom. The number of methoxy groups -OCH3 is 1. The number of oxazole rings is 1. The van der Waals surface area contributed by atoms with Gasteiger partial charge in [0.05, 0.1) is 12.7 Å². The lowest BCUT2D eigenvalue weighted by molar-refractivity contribution is -0.138. The van der Waals surface area contributed by atoms with Crippen molar-refractivity contribution in [3.05, 3.63) is 83.4 Å². The third-order valence-corrected chi connectivity index (χ3v) is 5.26. The molecule has 0 radical (unpaired) electrons. The van der Waals surface area contributed by atoms with E-state index in [-0.39, 0.29) is 24.6 Å². The number of anilines is 1. The number of nitrogens with two attached hydrogens (primary N) is 1. The molecule has 0 amide bonds. The Morgan fingerprint density at radius 1 is 1.00 bits per heavy atom. The average Bonchev–Trinajstić information content (AvgIpc) is 3.27. The molecule has 0 saturated heterocycles. The zero-order chi connectivity index (χ0) is 24.1. The summed E-state index contributed by atoms with van der Waals surface area (Å²) >= 11 is 0. The van der Waals surface area contributed by atoms with Gasteiger partial charge in [0, 0.05) is 25.2 Å². The highest BCUT2D eigenvalue weighted by atomic mass is 35.5. The number of ether oxygens (including phenoxy) is 2. The van der Waals surface area contributed by atoms with Gasteiger partial charge >= 0.3 is 6.18 Å². The van der Waals surface area contributed by atoms with Crippen LogP contribution in [0.2, 0.25) is 0 Å². The molecule has 0 spiro atoms. The Balaban J connectivity index is 0.00000342. The summed E-state index contributed by atoms with van der Waals surface area (Å²) in [4.78, 5) is 6.45. The van der Waals surface area contributed by atoms with Crippen LogP contribution in [0.25, 0.3) is 11.1 Å². The maximum atomic E-state index is 13.3. The fraction of sp³-hybridized carbons (Fsp3) is 0.240. The lowest BCUT2D eigenvalue weighted by Crippen LogP contribution is -2.29. The lowest BCUT2D eigenvalue weighted by atomic mass is 10.1. The van der Waals surface area contributed by atoms with E-state index in [1.807, 2.05) is 35.2 Å². The van der Waals surface area contributed by atoms with Crippen LogP contribution in [0.1, 0.15) is 16.7 Å². The minimum absolute atomic E-state index is 0. The summed E-state index contributed by atoms with van der Waals surface area (Å²) in [5.41, 5.74) is 7.42. The average molecular weight is 508 g/mol. The Hall–Kier alpha value is -3.43. The molecule has 0 aliphatic heterocycles. The van der Waals surface area contributed by atoms with Crippen LogP contribution < -0.4 is 20.1 Å². The van der Waals surface area contributed by atoms with E-state index in [0.717, 1.165) is 17.1 Å². The van der Waals surface area contributed by atoms with E-state index < -0.39 is 11.7 Å². The first-order valence-electron chi connectivity index (χ1n) is 10.6. The Bertz CT molecular complexity index is 1230. The maximum Gasteiger partial charge on any atom is 0.416 e. The second-order valence-corrected chi connectivity index (χ2v) is 7.60. The maximum absolute atomic E-state index is 13.3. The molecule has 10 heteroatoms. The van der Waals surface area contributed by atoms with E-state index in [1.165, 1.54) is 19.2 Å². The van der Waals surface area contributed by atoms with E-state index in [9.17, 15) is 13.2 Å². The van der Waals surface area contributed by atoms with E-state index in [1.54, 1.807) is 18.2 Å². The second kappa shape index (κ2) is 11.3. The highest BCUT2D eigenvalue weighted by molar-refractivity contribution is 5.85. The summed E-state index contributed by atoms with van der Waals surface area (Å²) in [6.45, 7) is 1.11. The molecule has 0 bridgehead atoms. The third-order valence-electron chi connectivity index (χ3n) is 5.26. The molecule has 35 heavy (non-hydrogen) atoms. The lowest BCUT2D eigenvalue weighted by Gasteiger charge is -2.21. The first-order chi connectivity index (χ1) is 16.4. The van der Waals surface area contributed by atoms with E-state index in [2.05, 4.69) is 4.98 Å². The van der Waals surface area contributed by atoms with Crippen molar-refractivity contribution in [2.24, 2.45) is 5.73 Å². The number of nitrogens with zero attached hydrogens (tertiary/aromatic N) is 2. The van der Waals surface area contributed by atoms with Gasteiger partial charge in [-0.05, 0) is 35.9 Å². The molecule has 0 aliphatic carbocycles. The first kappa shape index (κ1) is 26.2. The summed E-state index contributed by atoms with van der Waals surface area (Å²) in [6, 6.07) is 18.5. The number of benzene rings is 3. The highest BCUT2D eigenvalue weighted by Gasteiger charge is 2.33. The van der Waals surface area contributed by atoms with Crippen molar-refractivity contribution in [2.45, 2.75) is 19.3 Å². The van der Waals surface area contributed by atoms with Gasteiger partial charge in [-0.25, -0.2) is 0 Å². The van der Waals surface area contributed by atoms with Gasteiger partial charge in [-0.1, -0.05) is 36.4 Å². The molecule has 1 heterocycles. The molecule has 0 atom stereocenters. The minimum atomic E-state index is -4.45. The Morgan fingerprint density at radius 2 is 1.74 bits per heavy atom. The van der Waals surface area contributed by atoms with Crippen molar-refractivity contribution < 1.29 is 27.1 Å². The van der Waals surface area contributed by atoms with Crippen LogP contribution in [0.5, 0.6) is 11.5 Å². The predicted octanol–water partition coefficient (Wildman–Crippen LogP) is 5.82. The molecule has 2 N–H and O–H groups in total. The van der Waals surface area contributed by atoms with Gasteiger partial charge in [-0.3, -0.25) is 0 Å². The van der Waals surface area contributed by atoms with Crippen LogP contribution in [0.15, 0.2) is 71.1 Å². The van der Waals surface area contributed by atoms with Gasteiger partial charge in [-0.15, -0.1) is 12.4 Å². The van der Waals surface area contributed by atoms with Crippen molar-refractivity contribution in [2.75, 3.05) is 25.1 Å². The summed E-state index contributed by atoms with van der Waals surface area (Å²) in [5, 5.41) is 0. The van der Waals surface area contributed by atoms with Crippen LogP contribution in [0.4, 0.5) is 19.2 Å². The summed E-state index contributed by atoms with van der Waals surface area (Å²) < 4.78 is 56.8. The number of para-hydroxylation sites is 2. The summed E-state index contributed by atoms with van der Waals surface area (Å²) in [6.07, 6.45) is -4.45. The largest absolute Gasteiger partial charge is 0.493 e. The van der Waals surface area contributed by atoms with Gasteiger partial charge < -0.3 is 24.5 Å². The number of fused-ring (bicyclic) bond motifs is 1. The predicted molar refractivity (Wildman–Crippen MR) is 130 cm³/mol. The first-order valence-corrected chi connectivity index (χ1v) is 10.6. The molecule has 0 aliphatic rings. The van der Waals surface area contributed by atoms with Gasteiger partial charge in [-0.2, -0.15) is 18.2 Å². The number of hydrogen-bond donors (Lipinski definition) is 1. The minimum Gasteiger partial charge on any atom is -0.493 e. The Kier molecular flexibility index (Phi) is 8.48. The molecule has 4 aromatic rings. The van der Waals surface area contributed by atoms with Crippen molar-refractivity contribution in [3.63, 3.8) is 0 Å². The quantitative estimate of drug-likeness (QED) is 0.308. The Labute approximate surface area is 206 Å². The molecule has 0 saturated carbocycles. The number of rotatable bonds is 9. The molecule has 3 aromatic carbocycles. The molecule has 6 nitrogen and oxygen atoms in total. The van der Waals surface area contributed by atoms with Gasteiger partial charge in [0.1, 0.15) is 12.1 Å². The second-order valence-electron chi connectivity index (χ2n) is 7.60. The number of hydrogen-bond acceptors (Lipinski definition) is 6. The smallest absolute Gasteiger partial charge is 0.416 e. The monoisotopic (exact) mass is 507 g/mol. The van der Waals surface area contributed by atoms with Gasteiger partial charge in [0.2, 0.25) is 0 Å². The van der Waals surface area contributed by atoms with Crippen LogP contribution in [-0.2, 0) is 19.3 Å². The topological polar surface area (TPSA) is 73.8 Å². The van der Waals surface area contributed by atoms with E-state index in [0.29, 0.717) is 42.7 Å². The van der Waals surface area contributed by atoms with Crippen LogP contribution in [0.3, 0.4) is 0 Å². The zero-order valence-corrected chi connectivity index (χ0v) is 19.7. The van der Waals surface area contributed by atoms with E-state index in [4.69, 9.17) is 19.6 Å². The summed E-state index contributed by atoms with van der Waals surface area (Å²) in [5.74, 6) is 0.753. The van der Waals surface area contributed by atoms with Crippen molar-refractivity contribution in [3.8, 4) is 11.5 Å². The molecule has 1 aromatic heterocycles. The number of aromatic nitrogens is 1. The number of halogens is 4. The van der Waals surface area contributed by atoms with Crippen molar-refractivity contribution in [1.82, 2.24) is 4.98 Å². The normalized spacial score (nSPS) is 11.2. The standard InChI is InChI=1S/C25H24F3N3O3.ClH/c1-32-23-14-17(15-31(13-12-29)24-30-20-8-4-5-9-21(20)34-24)10-11-22(23)33-16-18-6-2-3-7-19(18)25(26,27)28;/h2-11,14H,12-13,15-16,29H2,1H3;1H. The van der Waals surface area contributed by atoms with Crippen molar-refractivity contribution >= 4 is 29.5 Å². The molecule has 0 fully saturated rings. The van der Waals surface area contributed by atoms with Crippen molar-refractivity contribution in [1.29, 1.82) is 0 Å². The summed E-state index contributed by atoms with van der Waals surface area (Å²) in [7, 11) is 1.48. The van der Waals surface area contributed by atoms with Crippen LogP contribution in [0, 0.1) is 0 Å². The fourth-order valence-electron chi connectivity index (χ4n) is 3.62. The number of alkyl halides is 3. The van der Waals surface area contributed by atoms with E-state index >= 15 is 0 Å². The highest BCUT2D eigenvalue weighted by Crippen LogP contribution is 2.34. The third kappa shape index (κ3) is 6.17. The fourth-order valence-corrected chi connectivity index (χ4v) is 3.62. The SMILES string of the molecule is COc1cc(CN(CCN)c2nc3ccccc3o2)ccc1OCc1ccccc1C(F)(F)F.Cl. The molecule has 4 rings (SSSR count). The molecule has 0 unspecified atom stereocenters. The molecular formula is C25H25ClF3N3O3. The van der Waals surface area contributed by atoms with Gasteiger partial charge in [0.15, 0.2) is 17.1 Å². The van der Waals surface area contributed by atoms with Crippen LogP contribution >= 0.6 is 12.4 Å². The molecular weight excluding hydrogens is 483 g/mol. The molecule has 186 valence electrons.